The average molecular weight is 871 g/mol. The fourth-order valence-electron chi connectivity index (χ4n) is 7.56. The van der Waals surface area contributed by atoms with Gasteiger partial charge in [-0.25, -0.2) is 22.3 Å². The van der Waals surface area contributed by atoms with Crippen molar-refractivity contribution < 1.29 is 32.6 Å². The number of sulfonamides is 1. The van der Waals surface area contributed by atoms with E-state index in [9.17, 15) is 27.9 Å². The van der Waals surface area contributed by atoms with Crippen molar-refractivity contribution in [2.75, 3.05) is 77.6 Å². The molecule has 16 heteroatoms. The zero-order valence-electron chi connectivity index (χ0n) is 30.1. The molecule has 13 nitrogen and oxygen atoms in total. The van der Waals surface area contributed by atoms with Gasteiger partial charge in [-0.3, -0.25) is 9.69 Å². The lowest BCUT2D eigenvalue weighted by molar-refractivity contribution is -0.137. The Morgan fingerprint density at radius 1 is 0.904 bits per heavy atom. The molecule has 0 unspecified atom stereocenters. The number of methoxy groups -OCH3 is 1. The number of urea groups is 1. The number of piperidine rings is 2. The van der Waals surface area contributed by atoms with Gasteiger partial charge in [-0.05, 0) is 99.7 Å². The molecule has 0 aromatic heterocycles. The van der Waals surface area contributed by atoms with E-state index in [1.165, 1.54) is 18.9 Å². The van der Waals surface area contributed by atoms with Crippen LogP contribution < -0.4 is 5.32 Å². The van der Waals surface area contributed by atoms with E-state index in [0.717, 1.165) is 56.4 Å². The zero-order valence-corrected chi connectivity index (χ0v) is 34.1. The Morgan fingerprint density at radius 3 is 2.10 bits per heavy atom. The van der Waals surface area contributed by atoms with Gasteiger partial charge in [0.2, 0.25) is 15.9 Å². The highest BCUT2D eigenvalue weighted by molar-refractivity contribution is 9.11. The van der Waals surface area contributed by atoms with E-state index in [1.54, 1.807) is 9.21 Å². The van der Waals surface area contributed by atoms with Gasteiger partial charge in [-0.2, -0.15) is 0 Å². The van der Waals surface area contributed by atoms with Crippen LogP contribution in [-0.2, 0) is 32.4 Å². The van der Waals surface area contributed by atoms with Crippen molar-refractivity contribution in [2.45, 2.75) is 57.5 Å². The van der Waals surface area contributed by atoms with Crippen LogP contribution in [0.2, 0.25) is 0 Å². The molecular weight excluding hydrogens is 820 g/mol. The molecule has 3 fully saturated rings. The summed E-state index contributed by atoms with van der Waals surface area (Å²) in [5.41, 5.74) is 3.07. The van der Waals surface area contributed by atoms with Crippen LogP contribution in [0.4, 0.5) is 15.3 Å². The lowest BCUT2D eigenvalue weighted by Crippen LogP contribution is -2.55. The van der Waals surface area contributed by atoms with Crippen LogP contribution in [0.15, 0.2) is 45.3 Å². The number of amides is 4. The van der Waals surface area contributed by atoms with Gasteiger partial charge >= 0.3 is 12.1 Å². The maximum Gasteiger partial charge on any atom is 0.409 e. The van der Waals surface area contributed by atoms with E-state index in [0.29, 0.717) is 67.2 Å². The second-order valence-electron chi connectivity index (χ2n) is 14.0. The van der Waals surface area contributed by atoms with Gasteiger partial charge in [-0.15, -0.1) is 0 Å². The molecule has 2 aromatic rings. The number of carbonyl (C=O) groups excluding carboxylic acids is 3. The van der Waals surface area contributed by atoms with E-state index in [-0.39, 0.29) is 35.7 Å². The second-order valence-corrected chi connectivity index (χ2v) is 17.7. The summed E-state index contributed by atoms with van der Waals surface area (Å²) in [6, 6.07) is 12.2. The number of rotatable bonds is 6. The third kappa shape index (κ3) is 10.2. The molecule has 0 spiro atoms. The average Bonchev–Trinajstić information content (AvgIpc) is 3.31. The number of halogens is 2. The monoisotopic (exact) mass is 868 g/mol. The maximum absolute atomic E-state index is 12.9. The second kappa shape index (κ2) is 17.9. The molecule has 286 valence electrons. The number of aromatic hydroxyl groups is 1. The number of nitrogens with one attached hydrogen (secondary N) is 1. The van der Waals surface area contributed by atoms with Gasteiger partial charge in [0.05, 0.1) is 22.3 Å². The minimum absolute atomic E-state index is 0.0403. The molecule has 3 saturated heterocycles. The van der Waals surface area contributed by atoms with Gasteiger partial charge in [0, 0.05) is 82.6 Å². The van der Waals surface area contributed by atoms with E-state index in [2.05, 4.69) is 48.1 Å². The molecule has 0 radical (unpaired) electrons. The number of piperazine rings is 1. The number of phenolic OH excluding ortho intramolecular Hbond substituents is 1. The molecule has 4 aliphatic rings. The van der Waals surface area contributed by atoms with E-state index < -0.39 is 10.0 Å². The SMILES string of the molecule is COC(=O)N1CCC(N2CCc3ccccc3NC2=O)CC1.C[C@H](Cc1cc(Br)c(O)c(Br)c1)C(=O)N1CCN(C2CCN(S(C)(=O)=O)CC2)CC1. The molecule has 52 heavy (non-hydrogen) atoms. The van der Waals surface area contributed by atoms with Crippen LogP contribution in [0, 0.1) is 5.92 Å². The first-order chi connectivity index (χ1) is 24.7. The molecule has 4 amide bonds. The minimum Gasteiger partial charge on any atom is -0.506 e. The van der Waals surface area contributed by atoms with Crippen molar-refractivity contribution in [3.05, 3.63) is 56.5 Å². The fourth-order valence-corrected chi connectivity index (χ4v) is 9.72. The number of likely N-dealkylation sites (tertiary alicyclic amines) is 1. The van der Waals surface area contributed by atoms with Crippen LogP contribution in [0.25, 0.3) is 0 Å². The number of anilines is 1. The van der Waals surface area contributed by atoms with Crippen molar-refractivity contribution in [1.29, 1.82) is 0 Å². The largest absolute Gasteiger partial charge is 0.506 e. The van der Waals surface area contributed by atoms with Gasteiger partial charge < -0.3 is 29.9 Å². The summed E-state index contributed by atoms with van der Waals surface area (Å²) < 4.78 is 30.9. The molecule has 0 bridgehead atoms. The van der Waals surface area contributed by atoms with E-state index in [1.807, 2.05) is 47.1 Å². The maximum atomic E-state index is 12.9. The smallest absolute Gasteiger partial charge is 0.409 e. The van der Waals surface area contributed by atoms with Crippen LogP contribution >= 0.6 is 31.9 Å². The van der Waals surface area contributed by atoms with Crippen molar-refractivity contribution in [3.63, 3.8) is 0 Å². The van der Waals surface area contributed by atoms with Gasteiger partial charge in [0.15, 0.2) is 0 Å². The highest BCUT2D eigenvalue weighted by atomic mass is 79.9. The van der Waals surface area contributed by atoms with Crippen molar-refractivity contribution >= 4 is 65.6 Å². The Labute approximate surface area is 323 Å². The Kier molecular flexibility index (Phi) is 13.9. The number of nitrogens with zero attached hydrogens (tertiary/aromatic N) is 5. The molecule has 6 rings (SSSR count). The Morgan fingerprint density at radius 2 is 1.50 bits per heavy atom. The zero-order chi connectivity index (χ0) is 37.6. The summed E-state index contributed by atoms with van der Waals surface area (Å²) in [5.74, 6) is 0.177. The lowest BCUT2D eigenvalue weighted by atomic mass is 9.99. The fraction of sp³-hybridized carbons (Fsp3) is 0.583. The highest BCUT2D eigenvalue weighted by Gasteiger charge is 2.33. The molecule has 4 heterocycles. The standard InChI is InChI=1S/C20H29Br2N3O4S.C16H21N3O3/c1-14(11-15-12-17(21)19(26)18(22)13-15)20(27)24-9-7-23(8-10-24)16-3-5-25(6-4-16)30(2,28)29;1-22-16(21)18-9-7-13(8-10-18)19-11-6-12-4-2-3-5-14(12)17-15(19)20/h12-14,16,26H,3-11H2,1-2H3;2-5,13H,6-11H2,1H3,(H,17,20)/t14-;/m1./s1. The topological polar surface area (TPSA) is 143 Å². The first kappa shape index (κ1) is 40.3. The molecule has 0 aliphatic carbocycles. The number of phenols is 1. The molecule has 1 atom stereocenters. The van der Waals surface area contributed by atoms with E-state index in [4.69, 9.17) is 4.74 Å². The molecule has 4 aliphatic heterocycles. The number of para-hydroxylation sites is 1. The third-order valence-corrected chi connectivity index (χ3v) is 13.1. The number of carbonyl (C=O) groups is 3. The number of benzene rings is 2. The summed E-state index contributed by atoms with van der Waals surface area (Å²) in [4.78, 5) is 44.9. The summed E-state index contributed by atoms with van der Waals surface area (Å²) in [6.45, 7) is 8.17. The highest BCUT2D eigenvalue weighted by Crippen LogP contribution is 2.34. The lowest BCUT2D eigenvalue weighted by Gasteiger charge is -2.42. The van der Waals surface area contributed by atoms with Crippen molar-refractivity contribution in [2.24, 2.45) is 5.92 Å². The summed E-state index contributed by atoms with van der Waals surface area (Å²) in [6.07, 6.45) is 5.73. The molecular formula is C36H50Br2N6O7S. The first-order valence-corrected chi connectivity index (χ1v) is 21.3. The van der Waals surface area contributed by atoms with Crippen LogP contribution in [0.1, 0.15) is 43.7 Å². The van der Waals surface area contributed by atoms with E-state index >= 15 is 0 Å². The van der Waals surface area contributed by atoms with Crippen molar-refractivity contribution in [1.82, 2.24) is 23.9 Å². The van der Waals surface area contributed by atoms with Crippen LogP contribution in [0.5, 0.6) is 5.75 Å². The van der Waals surface area contributed by atoms with Crippen LogP contribution in [-0.4, -0.2) is 140 Å². The predicted molar refractivity (Wildman–Crippen MR) is 207 cm³/mol. The number of fused-ring (bicyclic) bond motifs is 1. The van der Waals surface area contributed by atoms with Gasteiger partial charge in [0.25, 0.3) is 0 Å². The Hall–Kier alpha value is -2.92. The predicted octanol–water partition coefficient (Wildman–Crippen LogP) is 4.97. The summed E-state index contributed by atoms with van der Waals surface area (Å²) in [7, 11) is -1.70. The van der Waals surface area contributed by atoms with Crippen molar-refractivity contribution in [3.8, 4) is 5.75 Å². The van der Waals surface area contributed by atoms with Gasteiger partial charge in [-0.1, -0.05) is 25.1 Å². The Balaban J connectivity index is 0.000000210. The number of hydrogen-bond acceptors (Lipinski definition) is 8. The number of ether oxygens (including phenoxy) is 1. The number of hydrogen-bond donors (Lipinski definition) is 2. The summed E-state index contributed by atoms with van der Waals surface area (Å²) in [5, 5.41) is 12.9. The van der Waals surface area contributed by atoms with Gasteiger partial charge in [0.1, 0.15) is 5.75 Å². The van der Waals surface area contributed by atoms with Crippen LogP contribution in [0.3, 0.4) is 0 Å². The molecule has 2 N–H and O–H groups in total. The quantitative estimate of drug-likeness (QED) is 0.415. The third-order valence-electron chi connectivity index (χ3n) is 10.6. The Bertz CT molecular complexity index is 1670. The normalized spacial score (nSPS) is 20.2. The molecule has 0 saturated carbocycles. The minimum atomic E-state index is -3.10. The first-order valence-electron chi connectivity index (χ1n) is 17.9. The summed E-state index contributed by atoms with van der Waals surface area (Å²) >= 11 is 6.68. The molecule has 2 aromatic carbocycles.